The molecule has 3 N–H and O–H groups in total. The standard InChI is InChI=1S/C24H28N4O4/c1-32-21-8-7-17(23(25)30)13-20(21)28-22(29)14-19(24(28)31)26-18-9-11-27(12-10-18)15-16-5-3-2-4-6-16/h2-8,13,18-19,26H,9-12,14-15H2,1H3,(H2,25,30). The zero-order chi connectivity index (χ0) is 22.7. The van der Waals surface area contributed by atoms with Gasteiger partial charge in [-0.15, -0.1) is 0 Å². The molecule has 32 heavy (non-hydrogen) atoms. The summed E-state index contributed by atoms with van der Waals surface area (Å²) >= 11 is 0. The third-order valence-corrected chi connectivity index (χ3v) is 6.12. The molecule has 2 aromatic carbocycles. The molecular weight excluding hydrogens is 408 g/mol. The smallest absolute Gasteiger partial charge is 0.251 e. The summed E-state index contributed by atoms with van der Waals surface area (Å²) in [4.78, 5) is 40.9. The first-order chi connectivity index (χ1) is 15.5. The Labute approximate surface area is 187 Å². The molecule has 2 aromatic rings. The molecule has 2 fully saturated rings. The third kappa shape index (κ3) is 4.66. The number of imide groups is 1. The normalized spacial score (nSPS) is 20.0. The van der Waals surface area contributed by atoms with E-state index in [9.17, 15) is 14.4 Å². The maximum atomic E-state index is 13.1. The van der Waals surface area contributed by atoms with Crippen LogP contribution in [0.2, 0.25) is 0 Å². The number of likely N-dealkylation sites (tertiary alicyclic amines) is 1. The molecule has 8 heteroatoms. The Morgan fingerprint density at radius 1 is 1.12 bits per heavy atom. The van der Waals surface area contributed by atoms with Gasteiger partial charge in [0.25, 0.3) is 5.91 Å². The van der Waals surface area contributed by atoms with E-state index in [-0.39, 0.29) is 35.5 Å². The number of rotatable bonds is 7. The molecule has 8 nitrogen and oxygen atoms in total. The van der Waals surface area contributed by atoms with Gasteiger partial charge in [-0.25, -0.2) is 4.90 Å². The second-order valence-corrected chi connectivity index (χ2v) is 8.28. The molecule has 0 aliphatic carbocycles. The summed E-state index contributed by atoms with van der Waals surface area (Å²) < 4.78 is 5.31. The van der Waals surface area contributed by atoms with Crippen molar-refractivity contribution in [2.24, 2.45) is 5.73 Å². The topological polar surface area (TPSA) is 105 Å². The Balaban J connectivity index is 1.39. The summed E-state index contributed by atoms with van der Waals surface area (Å²) in [6.45, 7) is 2.78. The molecule has 2 aliphatic heterocycles. The maximum absolute atomic E-state index is 13.1. The number of carbonyl (C=O) groups excluding carboxylic acids is 3. The van der Waals surface area contributed by atoms with E-state index in [0.717, 1.165) is 37.4 Å². The fourth-order valence-corrected chi connectivity index (χ4v) is 4.42. The van der Waals surface area contributed by atoms with E-state index >= 15 is 0 Å². The van der Waals surface area contributed by atoms with Crippen LogP contribution < -0.4 is 20.7 Å². The van der Waals surface area contributed by atoms with Crippen molar-refractivity contribution in [2.45, 2.75) is 37.9 Å². The molecule has 0 radical (unpaired) electrons. The Kier molecular flexibility index (Phi) is 6.53. The number of amides is 3. The second kappa shape index (κ2) is 9.50. The first-order valence-corrected chi connectivity index (χ1v) is 10.8. The van der Waals surface area contributed by atoms with Crippen LogP contribution >= 0.6 is 0 Å². The van der Waals surface area contributed by atoms with Gasteiger partial charge in [0.1, 0.15) is 5.75 Å². The highest BCUT2D eigenvalue weighted by Gasteiger charge is 2.42. The van der Waals surface area contributed by atoms with Crippen molar-refractivity contribution in [3.63, 3.8) is 0 Å². The van der Waals surface area contributed by atoms with Gasteiger partial charge in [0.05, 0.1) is 25.3 Å². The van der Waals surface area contributed by atoms with Crippen LogP contribution in [0.25, 0.3) is 0 Å². The van der Waals surface area contributed by atoms with Gasteiger partial charge in [-0.3, -0.25) is 19.3 Å². The molecule has 0 spiro atoms. The van der Waals surface area contributed by atoms with Crippen molar-refractivity contribution in [1.29, 1.82) is 0 Å². The van der Waals surface area contributed by atoms with Crippen LogP contribution in [0.3, 0.4) is 0 Å². The lowest BCUT2D eigenvalue weighted by atomic mass is 10.0. The Hall–Kier alpha value is -3.23. The van der Waals surface area contributed by atoms with Crippen LogP contribution in [0, 0.1) is 0 Å². The van der Waals surface area contributed by atoms with Crippen LogP contribution in [-0.2, 0) is 16.1 Å². The van der Waals surface area contributed by atoms with Crippen LogP contribution in [0.15, 0.2) is 48.5 Å². The van der Waals surface area contributed by atoms with Gasteiger partial charge in [0, 0.05) is 18.2 Å². The number of benzene rings is 2. The quantitative estimate of drug-likeness (QED) is 0.640. The highest BCUT2D eigenvalue weighted by molar-refractivity contribution is 6.23. The van der Waals surface area contributed by atoms with Crippen LogP contribution in [0.1, 0.15) is 35.2 Å². The average Bonchev–Trinajstić information content (AvgIpc) is 3.07. The first-order valence-electron chi connectivity index (χ1n) is 10.8. The van der Waals surface area contributed by atoms with Gasteiger partial charge in [0.15, 0.2) is 0 Å². The fourth-order valence-electron chi connectivity index (χ4n) is 4.42. The summed E-state index contributed by atoms with van der Waals surface area (Å²) in [5, 5.41) is 3.39. The molecule has 4 rings (SSSR count). The highest BCUT2D eigenvalue weighted by Crippen LogP contribution is 2.33. The van der Waals surface area contributed by atoms with Gasteiger partial charge in [-0.05, 0) is 49.7 Å². The number of ether oxygens (including phenoxy) is 1. The van der Waals surface area contributed by atoms with Crippen molar-refractivity contribution < 1.29 is 19.1 Å². The van der Waals surface area contributed by atoms with Crippen LogP contribution in [0.5, 0.6) is 5.75 Å². The van der Waals surface area contributed by atoms with Gasteiger partial charge in [-0.2, -0.15) is 0 Å². The van der Waals surface area contributed by atoms with E-state index in [1.807, 2.05) is 18.2 Å². The monoisotopic (exact) mass is 436 g/mol. The lowest BCUT2D eigenvalue weighted by molar-refractivity contribution is -0.121. The number of carbonyl (C=O) groups is 3. The highest BCUT2D eigenvalue weighted by atomic mass is 16.5. The van der Waals surface area contributed by atoms with E-state index in [1.54, 1.807) is 6.07 Å². The molecular formula is C24H28N4O4. The number of piperidine rings is 1. The van der Waals surface area contributed by atoms with Crippen molar-refractivity contribution in [1.82, 2.24) is 10.2 Å². The van der Waals surface area contributed by atoms with E-state index in [2.05, 4.69) is 22.3 Å². The summed E-state index contributed by atoms with van der Waals surface area (Å²) in [5.74, 6) is -0.952. The zero-order valence-electron chi connectivity index (χ0n) is 18.1. The number of hydrogen-bond acceptors (Lipinski definition) is 6. The van der Waals surface area contributed by atoms with E-state index < -0.39 is 11.9 Å². The predicted molar refractivity (Wildman–Crippen MR) is 120 cm³/mol. The molecule has 3 amide bonds. The number of methoxy groups -OCH3 is 1. The minimum atomic E-state index is -0.634. The SMILES string of the molecule is COc1ccc(C(N)=O)cc1N1C(=O)CC(NC2CCN(Cc3ccccc3)CC2)C1=O. The maximum Gasteiger partial charge on any atom is 0.251 e. The van der Waals surface area contributed by atoms with Crippen LogP contribution in [-0.4, -0.2) is 54.9 Å². The summed E-state index contributed by atoms with van der Waals surface area (Å²) in [5.41, 5.74) is 7.12. The van der Waals surface area contributed by atoms with E-state index in [4.69, 9.17) is 10.5 Å². The molecule has 2 heterocycles. The summed E-state index contributed by atoms with van der Waals surface area (Å²) in [6.07, 6.45) is 1.89. The van der Waals surface area contributed by atoms with E-state index in [0.29, 0.717) is 5.75 Å². The number of anilines is 1. The van der Waals surface area contributed by atoms with Crippen molar-refractivity contribution in [2.75, 3.05) is 25.1 Å². The van der Waals surface area contributed by atoms with Crippen LogP contribution in [0.4, 0.5) is 5.69 Å². The molecule has 1 unspecified atom stereocenters. The zero-order valence-corrected chi connectivity index (χ0v) is 18.1. The minimum Gasteiger partial charge on any atom is -0.495 e. The number of nitrogens with one attached hydrogen (secondary N) is 1. The fraction of sp³-hybridized carbons (Fsp3) is 0.375. The second-order valence-electron chi connectivity index (χ2n) is 8.28. The largest absolute Gasteiger partial charge is 0.495 e. The van der Waals surface area contributed by atoms with Gasteiger partial charge in [0.2, 0.25) is 11.8 Å². The number of nitrogens with zero attached hydrogens (tertiary/aromatic N) is 2. The summed E-state index contributed by atoms with van der Waals surface area (Å²) in [7, 11) is 1.45. The van der Waals surface area contributed by atoms with Crippen molar-refractivity contribution >= 4 is 23.4 Å². The van der Waals surface area contributed by atoms with Crippen molar-refractivity contribution in [3.8, 4) is 5.75 Å². The molecule has 168 valence electrons. The molecule has 0 aromatic heterocycles. The summed E-state index contributed by atoms with van der Waals surface area (Å²) in [6, 6.07) is 14.4. The van der Waals surface area contributed by atoms with Gasteiger partial charge >= 0.3 is 0 Å². The average molecular weight is 437 g/mol. The van der Waals surface area contributed by atoms with E-state index in [1.165, 1.54) is 24.8 Å². The molecule has 1 atom stereocenters. The Morgan fingerprint density at radius 2 is 1.84 bits per heavy atom. The first kappa shape index (κ1) is 22.0. The Morgan fingerprint density at radius 3 is 2.50 bits per heavy atom. The van der Waals surface area contributed by atoms with Crippen molar-refractivity contribution in [3.05, 3.63) is 59.7 Å². The molecule has 0 bridgehead atoms. The lowest BCUT2D eigenvalue weighted by Gasteiger charge is -2.33. The lowest BCUT2D eigenvalue weighted by Crippen LogP contribution is -2.48. The van der Waals surface area contributed by atoms with Gasteiger partial charge in [-0.1, -0.05) is 30.3 Å². The molecule has 2 aliphatic rings. The third-order valence-electron chi connectivity index (χ3n) is 6.12. The number of hydrogen-bond donors (Lipinski definition) is 2. The molecule has 0 saturated carbocycles. The van der Waals surface area contributed by atoms with Gasteiger partial charge < -0.3 is 15.8 Å². The molecule has 2 saturated heterocycles. The number of primary amides is 1. The number of nitrogens with two attached hydrogens (primary N) is 1. The predicted octanol–water partition coefficient (Wildman–Crippen LogP) is 1.68. The Bertz CT molecular complexity index is 1000. The minimum absolute atomic E-state index is 0.0764.